The highest BCUT2D eigenvalue weighted by Crippen LogP contribution is 2.35. The van der Waals surface area contributed by atoms with Crippen LogP contribution in [0.5, 0.6) is 11.5 Å². The highest BCUT2D eigenvalue weighted by Gasteiger charge is 2.22. The molecule has 1 aliphatic carbocycles. The number of hydrogen-bond acceptors (Lipinski definition) is 8. The second kappa shape index (κ2) is 10.6. The maximum Gasteiger partial charge on any atom is 0.263 e. The summed E-state index contributed by atoms with van der Waals surface area (Å²) in [5, 5.41) is 4.13. The number of aryl methyl sites for hydroxylation is 2. The molecule has 2 aromatic heterocycles. The molecular formula is C23H27N3O5S2. The number of thioether (sulfide) groups is 1. The maximum atomic E-state index is 13.4. The number of carbonyl (C=O) groups excluding carboxylic acids is 1. The van der Waals surface area contributed by atoms with Crippen LogP contribution in [0.1, 0.15) is 23.3 Å². The normalized spacial score (nSPS) is 13.1. The first-order valence-corrected chi connectivity index (χ1v) is 12.5. The topological polar surface area (TPSA) is 91.7 Å². The van der Waals surface area contributed by atoms with Crippen molar-refractivity contribution < 1.29 is 19.0 Å². The van der Waals surface area contributed by atoms with Gasteiger partial charge in [0.25, 0.3) is 5.56 Å². The first kappa shape index (κ1) is 23.6. The fourth-order valence-corrected chi connectivity index (χ4v) is 6.08. The van der Waals surface area contributed by atoms with Crippen LogP contribution in [0.15, 0.2) is 28.2 Å². The number of nitrogens with zero attached hydrogens (tertiary/aromatic N) is 2. The van der Waals surface area contributed by atoms with Gasteiger partial charge in [0.2, 0.25) is 5.91 Å². The number of amides is 1. The number of aromatic nitrogens is 2. The van der Waals surface area contributed by atoms with E-state index in [0.29, 0.717) is 35.5 Å². The van der Waals surface area contributed by atoms with Crippen molar-refractivity contribution in [3.63, 3.8) is 0 Å². The van der Waals surface area contributed by atoms with Crippen LogP contribution in [0.3, 0.4) is 0 Å². The number of nitrogens with one attached hydrogen (secondary N) is 1. The fourth-order valence-electron chi connectivity index (χ4n) is 3.95. The number of benzene rings is 1. The van der Waals surface area contributed by atoms with Gasteiger partial charge in [-0.25, -0.2) is 4.98 Å². The summed E-state index contributed by atoms with van der Waals surface area (Å²) in [6.45, 7) is 0.785. The lowest BCUT2D eigenvalue weighted by Gasteiger charge is -2.13. The first-order valence-electron chi connectivity index (χ1n) is 10.7. The molecule has 2 heterocycles. The number of ether oxygens (including phenoxy) is 3. The van der Waals surface area contributed by atoms with Gasteiger partial charge in [-0.3, -0.25) is 14.2 Å². The highest BCUT2D eigenvalue weighted by molar-refractivity contribution is 7.99. The molecule has 1 aromatic carbocycles. The minimum Gasteiger partial charge on any atom is -0.493 e. The summed E-state index contributed by atoms with van der Waals surface area (Å²) in [5.74, 6) is 1.03. The van der Waals surface area contributed by atoms with E-state index in [-0.39, 0.29) is 17.2 Å². The molecule has 8 nitrogen and oxygen atoms in total. The fraction of sp³-hybridized carbons (Fsp3) is 0.435. The summed E-state index contributed by atoms with van der Waals surface area (Å²) < 4.78 is 17.4. The van der Waals surface area contributed by atoms with Gasteiger partial charge in [0.05, 0.1) is 38.5 Å². The Morgan fingerprint density at radius 1 is 1.18 bits per heavy atom. The summed E-state index contributed by atoms with van der Waals surface area (Å²) in [4.78, 5) is 32.9. The zero-order valence-electron chi connectivity index (χ0n) is 18.9. The lowest BCUT2D eigenvalue weighted by molar-refractivity contribution is -0.113. The summed E-state index contributed by atoms with van der Waals surface area (Å²) in [7, 11) is 4.71. The van der Waals surface area contributed by atoms with E-state index in [1.165, 1.54) is 16.6 Å². The molecule has 0 atom stereocenters. The van der Waals surface area contributed by atoms with Gasteiger partial charge in [-0.1, -0.05) is 11.8 Å². The molecule has 0 saturated heterocycles. The Hall–Kier alpha value is -2.56. The molecule has 3 aromatic rings. The molecule has 10 heteroatoms. The van der Waals surface area contributed by atoms with Crippen molar-refractivity contribution in [2.24, 2.45) is 0 Å². The number of hydrogen-bond donors (Lipinski definition) is 1. The molecular weight excluding hydrogens is 462 g/mol. The minimum absolute atomic E-state index is 0.0424. The smallest absolute Gasteiger partial charge is 0.263 e. The molecule has 1 amide bonds. The van der Waals surface area contributed by atoms with Crippen molar-refractivity contribution >= 4 is 44.9 Å². The summed E-state index contributed by atoms with van der Waals surface area (Å²) >= 11 is 2.86. The number of carbonyl (C=O) groups is 1. The summed E-state index contributed by atoms with van der Waals surface area (Å²) in [5.41, 5.74) is 1.72. The van der Waals surface area contributed by atoms with Crippen LogP contribution in [0.2, 0.25) is 0 Å². The van der Waals surface area contributed by atoms with Crippen molar-refractivity contribution in [1.82, 2.24) is 9.55 Å². The van der Waals surface area contributed by atoms with Crippen molar-refractivity contribution in [3.05, 3.63) is 39.0 Å². The van der Waals surface area contributed by atoms with Crippen molar-refractivity contribution in [3.8, 4) is 11.5 Å². The van der Waals surface area contributed by atoms with E-state index >= 15 is 0 Å². The number of anilines is 1. The predicted octanol–water partition coefficient (Wildman–Crippen LogP) is 3.73. The van der Waals surface area contributed by atoms with E-state index in [4.69, 9.17) is 19.2 Å². The van der Waals surface area contributed by atoms with Crippen LogP contribution in [0, 0.1) is 0 Å². The Bertz CT molecular complexity index is 1220. The third-order valence-corrected chi connectivity index (χ3v) is 7.72. The molecule has 0 bridgehead atoms. The van der Waals surface area contributed by atoms with E-state index in [1.54, 1.807) is 55.4 Å². The van der Waals surface area contributed by atoms with Crippen LogP contribution < -0.4 is 20.3 Å². The Morgan fingerprint density at radius 2 is 1.97 bits per heavy atom. The van der Waals surface area contributed by atoms with Gasteiger partial charge in [-0.05, 0) is 43.4 Å². The van der Waals surface area contributed by atoms with Gasteiger partial charge in [0, 0.05) is 23.7 Å². The molecule has 176 valence electrons. The van der Waals surface area contributed by atoms with Gasteiger partial charge in [-0.2, -0.15) is 0 Å². The zero-order chi connectivity index (χ0) is 23.4. The van der Waals surface area contributed by atoms with Crippen LogP contribution in [0.4, 0.5) is 5.69 Å². The highest BCUT2D eigenvalue weighted by atomic mass is 32.2. The van der Waals surface area contributed by atoms with Crippen LogP contribution in [-0.2, 0) is 28.9 Å². The monoisotopic (exact) mass is 489 g/mol. The zero-order valence-corrected chi connectivity index (χ0v) is 20.6. The van der Waals surface area contributed by atoms with E-state index < -0.39 is 0 Å². The molecule has 0 spiro atoms. The predicted molar refractivity (Wildman–Crippen MR) is 131 cm³/mol. The van der Waals surface area contributed by atoms with Gasteiger partial charge in [-0.15, -0.1) is 11.3 Å². The lowest BCUT2D eigenvalue weighted by atomic mass is 9.97. The third-order valence-electron chi connectivity index (χ3n) is 5.56. The SMILES string of the molecule is COCCn1c(SCC(=O)Nc2ccc(OC)c(OC)c2)nc2sc3c(c2c1=O)CCCC3. The average Bonchev–Trinajstić information content (AvgIpc) is 3.20. The van der Waals surface area contributed by atoms with E-state index in [2.05, 4.69) is 5.32 Å². The number of fused-ring (bicyclic) bond motifs is 3. The lowest BCUT2D eigenvalue weighted by Crippen LogP contribution is -2.26. The first-order chi connectivity index (χ1) is 16.0. The maximum absolute atomic E-state index is 13.4. The van der Waals surface area contributed by atoms with Gasteiger partial charge < -0.3 is 19.5 Å². The standard InChI is InChI=1S/C23H27N3O5S2/c1-29-11-10-26-22(28)20-15-6-4-5-7-18(15)33-21(20)25-23(26)32-13-19(27)24-14-8-9-16(30-2)17(12-14)31-3/h8-9,12H,4-7,10-11,13H2,1-3H3,(H,24,27). The Morgan fingerprint density at radius 3 is 2.73 bits per heavy atom. The van der Waals surface area contributed by atoms with Crippen molar-refractivity contribution in [2.45, 2.75) is 37.4 Å². The van der Waals surface area contributed by atoms with Gasteiger partial charge >= 0.3 is 0 Å². The molecule has 4 rings (SSSR count). The van der Waals surface area contributed by atoms with Crippen molar-refractivity contribution in [2.75, 3.05) is 39.0 Å². The molecule has 0 saturated carbocycles. The third kappa shape index (κ3) is 5.02. The van der Waals surface area contributed by atoms with Crippen LogP contribution in [0.25, 0.3) is 10.2 Å². The molecule has 1 aliphatic rings. The number of thiophene rings is 1. The minimum atomic E-state index is -0.203. The number of methoxy groups -OCH3 is 3. The van der Waals surface area contributed by atoms with E-state index in [9.17, 15) is 9.59 Å². The second-order valence-electron chi connectivity index (χ2n) is 7.64. The molecule has 0 unspecified atom stereocenters. The second-order valence-corrected chi connectivity index (χ2v) is 9.67. The largest absolute Gasteiger partial charge is 0.493 e. The molecule has 0 radical (unpaired) electrons. The van der Waals surface area contributed by atoms with Crippen LogP contribution in [-0.4, -0.2) is 49.1 Å². The molecule has 33 heavy (non-hydrogen) atoms. The van der Waals surface area contributed by atoms with E-state index in [0.717, 1.165) is 41.5 Å². The summed E-state index contributed by atoms with van der Waals surface area (Å²) in [6, 6.07) is 5.19. The van der Waals surface area contributed by atoms with Gasteiger partial charge in [0.1, 0.15) is 4.83 Å². The van der Waals surface area contributed by atoms with Gasteiger partial charge in [0.15, 0.2) is 16.7 Å². The molecule has 0 aliphatic heterocycles. The van der Waals surface area contributed by atoms with E-state index in [1.807, 2.05) is 0 Å². The summed E-state index contributed by atoms with van der Waals surface area (Å²) in [6.07, 6.45) is 4.18. The quantitative estimate of drug-likeness (QED) is 0.362. The Kier molecular flexibility index (Phi) is 7.56. The molecule has 0 fully saturated rings. The van der Waals surface area contributed by atoms with Crippen LogP contribution >= 0.6 is 23.1 Å². The number of rotatable bonds is 9. The average molecular weight is 490 g/mol. The van der Waals surface area contributed by atoms with Crippen molar-refractivity contribution in [1.29, 1.82) is 0 Å². The Labute approximate surface area is 200 Å². The Balaban J connectivity index is 1.56. The molecule has 1 N–H and O–H groups in total.